The molecule has 3 heteroatoms. The number of alkyl halides is 1. The van der Waals surface area contributed by atoms with Crippen molar-refractivity contribution in [1.82, 2.24) is 4.90 Å². The Balaban J connectivity index is 2.45. The Morgan fingerprint density at radius 2 is 2.07 bits per heavy atom. The zero-order valence-corrected chi connectivity index (χ0v) is 10.4. The molecule has 0 aromatic carbocycles. The largest absolute Gasteiger partial charge is 0.383 e. The van der Waals surface area contributed by atoms with Gasteiger partial charge in [-0.3, -0.25) is 4.90 Å². The van der Waals surface area contributed by atoms with Crippen LogP contribution in [0.2, 0.25) is 0 Å². The Morgan fingerprint density at radius 1 is 1.40 bits per heavy atom. The van der Waals surface area contributed by atoms with Crippen molar-refractivity contribution in [3.05, 3.63) is 0 Å². The molecule has 0 bridgehead atoms. The summed E-state index contributed by atoms with van der Waals surface area (Å²) in [6, 6.07) is 0.398. The molecule has 0 aromatic rings. The molecule has 15 heavy (non-hydrogen) atoms. The van der Waals surface area contributed by atoms with Gasteiger partial charge in [-0.1, -0.05) is 20.8 Å². The number of methoxy groups -OCH3 is 1. The Bertz CT molecular complexity index is 191. The standard InChI is InChI=1S/C12H24FNO/c1-12(2,3)8-11-7-10(13)9-14(11)5-6-15-4/h10-11H,5-9H2,1-4H3. The van der Waals surface area contributed by atoms with E-state index in [1.165, 1.54) is 0 Å². The summed E-state index contributed by atoms with van der Waals surface area (Å²) in [5.41, 5.74) is 0.278. The highest BCUT2D eigenvalue weighted by molar-refractivity contribution is 4.87. The van der Waals surface area contributed by atoms with Crippen molar-refractivity contribution in [3.8, 4) is 0 Å². The van der Waals surface area contributed by atoms with Gasteiger partial charge < -0.3 is 4.74 Å². The molecule has 2 atom stereocenters. The van der Waals surface area contributed by atoms with Crippen LogP contribution in [-0.4, -0.2) is 43.9 Å². The van der Waals surface area contributed by atoms with Gasteiger partial charge in [0.05, 0.1) is 6.61 Å². The van der Waals surface area contributed by atoms with Crippen LogP contribution in [-0.2, 0) is 4.74 Å². The lowest BCUT2D eigenvalue weighted by molar-refractivity contribution is 0.123. The maximum atomic E-state index is 13.3. The Kier molecular flexibility index (Phi) is 4.53. The molecule has 0 saturated carbocycles. The fourth-order valence-corrected chi connectivity index (χ4v) is 2.32. The average Bonchev–Trinajstić information content (AvgIpc) is 2.39. The van der Waals surface area contributed by atoms with Crippen molar-refractivity contribution in [2.75, 3.05) is 26.8 Å². The second-order valence-corrected chi connectivity index (χ2v) is 5.74. The van der Waals surface area contributed by atoms with Crippen molar-refractivity contribution in [2.24, 2.45) is 5.41 Å². The summed E-state index contributed by atoms with van der Waals surface area (Å²) in [6.45, 7) is 8.79. The van der Waals surface area contributed by atoms with E-state index in [4.69, 9.17) is 4.74 Å². The van der Waals surface area contributed by atoms with E-state index in [2.05, 4.69) is 25.7 Å². The lowest BCUT2D eigenvalue weighted by Crippen LogP contribution is -2.35. The lowest BCUT2D eigenvalue weighted by atomic mass is 9.87. The molecule has 0 N–H and O–H groups in total. The molecule has 1 saturated heterocycles. The van der Waals surface area contributed by atoms with Gasteiger partial charge in [0, 0.05) is 26.2 Å². The topological polar surface area (TPSA) is 12.5 Å². The van der Waals surface area contributed by atoms with Gasteiger partial charge >= 0.3 is 0 Å². The van der Waals surface area contributed by atoms with Gasteiger partial charge in [0.2, 0.25) is 0 Å². The molecule has 1 aliphatic heterocycles. The maximum absolute atomic E-state index is 13.3. The first-order valence-corrected chi connectivity index (χ1v) is 5.79. The van der Waals surface area contributed by atoms with E-state index in [0.29, 0.717) is 25.6 Å². The minimum absolute atomic E-state index is 0.278. The van der Waals surface area contributed by atoms with Gasteiger partial charge in [0.15, 0.2) is 0 Å². The summed E-state index contributed by atoms with van der Waals surface area (Å²) in [5, 5.41) is 0. The number of hydrogen-bond acceptors (Lipinski definition) is 2. The highest BCUT2D eigenvalue weighted by atomic mass is 19.1. The van der Waals surface area contributed by atoms with E-state index in [-0.39, 0.29) is 5.41 Å². The fraction of sp³-hybridized carbons (Fsp3) is 1.00. The van der Waals surface area contributed by atoms with E-state index in [1.54, 1.807) is 7.11 Å². The first kappa shape index (κ1) is 12.9. The molecule has 0 radical (unpaired) electrons. The van der Waals surface area contributed by atoms with Crippen LogP contribution in [0, 0.1) is 5.41 Å². The normalized spacial score (nSPS) is 28.6. The third kappa shape index (κ3) is 4.47. The van der Waals surface area contributed by atoms with Crippen LogP contribution in [0.3, 0.4) is 0 Å². The van der Waals surface area contributed by atoms with Crippen molar-refractivity contribution in [1.29, 1.82) is 0 Å². The first-order chi connectivity index (χ1) is 6.92. The van der Waals surface area contributed by atoms with Gasteiger partial charge in [-0.15, -0.1) is 0 Å². The molecule has 2 unspecified atom stereocenters. The molecule has 1 aliphatic rings. The molecular formula is C12H24FNO. The second-order valence-electron chi connectivity index (χ2n) is 5.74. The van der Waals surface area contributed by atoms with Crippen LogP contribution in [0.5, 0.6) is 0 Å². The third-order valence-electron chi connectivity index (χ3n) is 2.91. The van der Waals surface area contributed by atoms with Crippen LogP contribution in [0.25, 0.3) is 0 Å². The van der Waals surface area contributed by atoms with E-state index in [9.17, 15) is 4.39 Å². The van der Waals surface area contributed by atoms with Crippen molar-refractivity contribution < 1.29 is 9.13 Å². The van der Waals surface area contributed by atoms with Gasteiger partial charge in [-0.2, -0.15) is 0 Å². The van der Waals surface area contributed by atoms with Crippen LogP contribution < -0.4 is 0 Å². The molecule has 0 amide bonds. The predicted molar refractivity (Wildman–Crippen MR) is 60.8 cm³/mol. The number of ether oxygens (including phenoxy) is 1. The number of halogens is 1. The van der Waals surface area contributed by atoms with E-state index in [0.717, 1.165) is 13.0 Å². The van der Waals surface area contributed by atoms with E-state index >= 15 is 0 Å². The summed E-state index contributed by atoms with van der Waals surface area (Å²) >= 11 is 0. The van der Waals surface area contributed by atoms with Crippen molar-refractivity contribution in [2.45, 2.75) is 45.8 Å². The second kappa shape index (κ2) is 5.26. The minimum Gasteiger partial charge on any atom is -0.383 e. The molecule has 0 aliphatic carbocycles. The van der Waals surface area contributed by atoms with Crippen LogP contribution in [0.1, 0.15) is 33.6 Å². The van der Waals surface area contributed by atoms with Crippen LogP contribution >= 0.6 is 0 Å². The summed E-state index contributed by atoms with van der Waals surface area (Å²) in [4.78, 5) is 2.24. The maximum Gasteiger partial charge on any atom is 0.114 e. The minimum atomic E-state index is -0.644. The summed E-state index contributed by atoms with van der Waals surface area (Å²) in [7, 11) is 1.70. The monoisotopic (exact) mass is 217 g/mol. The highest BCUT2D eigenvalue weighted by Gasteiger charge is 2.33. The van der Waals surface area contributed by atoms with Crippen LogP contribution in [0.15, 0.2) is 0 Å². The van der Waals surface area contributed by atoms with E-state index < -0.39 is 6.17 Å². The molecule has 1 heterocycles. The summed E-state index contributed by atoms with van der Waals surface area (Å²) < 4.78 is 18.4. The van der Waals surface area contributed by atoms with Crippen molar-refractivity contribution in [3.63, 3.8) is 0 Å². The molecule has 0 aromatic heterocycles. The SMILES string of the molecule is COCCN1CC(F)CC1CC(C)(C)C. The molecule has 90 valence electrons. The molecule has 2 nitrogen and oxygen atoms in total. The van der Waals surface area contributed by atoms with E-state index in [1.807, 2.05) is 0 Å². The summed E-state index contributed by atoms with van der Waals surface area (Å²) in [5.74, 6) is 0. The number of nitrogens with zero attached hydrogens (tertiary/aromatic N) is 1. The molecule has 1 rings (SSSR count). The zero-order valence-electron chi connectivity index (χ0n) is 10.4. The van der Waals surface area contributed by atoms with Gasteiger partial charge in [-0.05, 0) is 18.3 Å². The zero-order chi connectivity index (χ0) is 11.5. The Hall–Kier alpha value is -0.150. The quantitative estimate of drug-likeness (QED) is 0.717. The number of rotatable bonds is 4. The first-order valence-electron chi connectivity index (χ1n) is 5.79. The Morgan fingerprint density at radius 3 is 2.60 bits per heavy atom. The van der Waals surface area contributed by atoms with Crippen LogP contribution in [0.4, 0.5) is 4.39 Å². The average molecular weight is 217 g/mol. The Labute approximate surface area is 92.8 Å². The highest BCUT2D eigenvalue weighted by Crippen LogP contribution is 2.30. The summed E-state index contributed by atoms with van der Waals surface area (Å²) in [6.07, 6.45) is 1.12. The van der Waals surface area contributed by atoms with Gasteiger partial charge in [0.25, 0.3) is 0 Å². The molecule has 0 spiro atoms. The van der Waals surface area contributed by atoms with Crippen molar-refractivity contribution >= 4 is 0 Å². The molecule has 1 fully saturated rings. The number of likely N-dealkylation sites (tertiary alicyclic amines) is 1. The predicted octanol–water partition coefficient (Wildman–Crippen LogP) is 2.48. The smallest absolute Gasteiger partial charge is 0.114 e. The lowest BCUT2D eigenvalue weighted by Gasteiger charge is -2.29. The fourth-order valence-electron chi connectivity index (χ4n) is 2.32. The molecular weight excluding hydrogens is 193 g/mol. The third-order valence-corrected chi connectivity index (χ3v) is 2.91. The number of hydrogen-bond donors (Lipinski definition) is 0. The van der Waals surface area contributed by atoms with Gasteiger partial charge in [-0.25, -0.2) is 4.39 Å². The van der Waals surface area contributed by atoms with Gasteiger partial charge in [0.1, 0.15) is 6.17 Å².